The molecule has 0 aromatic rings. The van der Waals surface area contributed by atoms with Crippen molar-refractivity contribution in [1.82, 2.24) is 5.32 Å². The highest BCUT2D eigenvalue weighted by molar-refractivity contribution is 7.45. The first-order valence-electron chi connectivity index (χ1n) is 37.9. The van der Waals surface area contributed by atoms with Crippen LogP contribution in [0, 0.1) is 0 Å². The van der Waals surface area contributed by atoms with Crippen molar-refractivity contribution in [3.8, 4) is 0 Å². The maximum atomic E-state index is 13.6. The lowest BCUT2D eigenvalue weighted by Crippen LogP contribution is -2.47. The van der Waals surface area contributed by atoms with Crippen LogP contribution >= 0.6 is 7.82 Å². The van der Waals surface area contributed by atoms with Crippen LogP contribution in [0.2, 0.25) is 0 Å². The van der Waals surface area contributed by atoms with Gasteiger partial charge in [0.05, 0.1) is 33.8 Å². The number of carbonyl (C=O) groups excluding carboxylic acids is 2. The fourth-order valence-electron chi connectivity index (χ4n) is 11.4. The number of nitrogens with one attached hydrogen (secondary N) is 1. The van der Waals surface area contributed by atoms with Gasteiger partial charge in [0.25, 0.3) is 7.82 Å². The molecule has 0 radical (unpaired) electrons. The third-order valence-electron chi connectivity index (χ3n) is 17.3. The summed E-state index contributed by atoms with van der Waals surface area (Å²) in [6, 6.07) is -0.889. The van der Waals surface area contributed by atoms with Gasteiger partial charge in [0.2, 0.25) is 5.91 Å². The van der Waals surface area contributed by atoms with Crippen LogP contribution in [0.25, 0.3) is 0 Å². The van der Waals surface area contributed by atoms with Crippen molar-refractivity contribution < 1.29 is 37.3 Å². The zero-order chi connectivity index (χ0) is 63.5. The number of quaternary nitrogens is 1. The Morgan fingerprint density at radius 2 is 0.701 bits per heavy atom. The summed E-state index contributed by atoms with van der Waals surface area (Å²) in [5, 5.41) is 3.06. The van der Waals surface area contributed by atoms with Gasteiger partial charge in [0.1, 0.15) is 19.3 Å². The summed E-state index contributed by atoms with van der Waals surface area (Å²) in [6.45, 7) is 6.88. The molecule has 87 heavy (non-hydrogen) atoms. The van der Waals surface area contributed by atoms with Gasteiger partial charge >= 0.3 is 5.97 Å². The molecule has 10 heteroatoms. The minimum absolute atomic E-state index is 0.0209. The lowest BCUT2D eigenvalue weighted by atomic mass is 10.0. The fourth-order valence-corrected chi connectivity index (χ4v) is 12.1. The van der Waals surface area contributed by atoms with E-state index in [0.29, 0.717) is 17.4 Å². The number of nitrogens with zero attached hydrogens (tertiary/aromatic N) is 1. The molecule has 1 N–H and O–H groups in total. The molecule has 0 saturated heterocycles. The molecule has 0 rings (SSSR count). The molecule has 0 fully saturated rings. The number of amides is 1. The molecule has 0 aromatic carbocycles. The number of rotatable bonds is 70. The van der Waals surface area contributed by atoms with Crippen LogP contribution in [0.3, 0.4) is 0 Å². The average Bonchev–Trinajstić information content (AvgIpc) is 3.70. The van der Waals surface area contributed by atoms with Gasteiger partial charge in [-0.3, -0.25) is 14.2 Å². The lowest BCUT2D eigenvalue weighted by Gasteiger charge is -2.30. The van der Waals surface area contributed by atoms with Crippen molar-refractivity contribution in [2.75, 3.05) is 40.9 Å². The van der Waals surface area contributed by atoms with Crippen LogP contribution in [0.5, 0.6) is 0 Å². The van der Waals surface area contributed by atoms with Gasteiger partial charge in [0.15, 0.2) is 0 Å². The molecule has 9 nitrogen and oxygen atoms in total. The largest absolute Gasteiger partial charge is 0.756 e. The van der Waals surface area contributed by atoms with Crippen LogP contribution in [-0.4, -0.2) is 69.4 Å². The van der Waals surface area contributed by atoms with Crippen LogP contribution in [0.15, 0.2) is 48.6 Å². The number of ether oxygens (including phenoxy) is 1. The fraction of sp³-hybridized carbons (Fsp3) is 0.870. The third kappa shape index (κ3) is 68.2. The van der Waals surface area contributed by atoms with E-state index in [2.05, 4.69) is 62.5 Å². The molecule has 0 bridgehead atoms. The Balaban J connectivity index is 5.01. The average molecular weight is 1240 g/mol. The Bertz CT molecular complexity index is 1620. The lowest BCUT2D eigenvalue weighted by molar-refractivity contribution is -0.870. The number of esters is 1. The van der Waals surface area contributed by atoms with Crippen molar-refractivity contribution >= 4 is 19.7 Å². The minimum atomic E-state index is -4.71. The zero-order valence-corrected chi connectivity index (χ0v) is 59.6. The summed E-state index contributed by atoms with van der Waals surface area (Å²) in [5.74, 6) is -0.525. The Labute approximate surface area is 541 Å². The summed E-state index contributed by atoms with van der Waals surface area (Å²) in [4.78, 5) is 40.3. The Kier molecular flexibility index (Phi) is 65.3. The van der Waals surface area contributed by atoms with E-state index < -0.39 is 20.0 Å². The van der Waals surface area contributed by atoms with E-state index in [1.165, 1.54) is 276 Å². The van der Waals surface area contributed by atoms with Gasteiger partial charge in [-0.25, -0.2) is 0 Å². The molecule has 0 heterocycles. The van der Waals surface area contributed by atoms with E-state index >= 15 is 0 Å². The standard InChI is InChI=1S/C77H147N2O7P/c1-7-10-13-16-19-22-25-28-30-32-34-36-38-39-41-42-44-46-48-51-54-57-60-63-66-69-76(80)78-74(73-85-87(82,83)84-72-71-79(4,5)6)75(68-65-62-59-56-53-50-27-24-21-18-15-12-9-3)86-77(81)70-67-64-61-58-55-52-49-47-45-43-40-37-35-33-31-29-26-23-20-17-14-11-8-2/h20,23,29,31,35,37,65,68,74-75H,7-19,21-22,24-28,30,32-34,36,38-64,66-67,69-73H2,1-6H3,(H-,78,80,82,83)/b23-20-,31-29-,37-35-,68-65+. The molecule has 0 saturated carbocycles. The number of unbranched alkanes of at least 4 members (excludes halogenated alkanes) is 48. The van der Waals surface area contributed by atoms with Crippen molar-refractivity contribution in [3.63, 3.8) is 0 Å². The van der Waals surface area contributed by atoms with Crippen molar-refractivity contribution in [2.45, 2.75) is 392 Å². The second-order valence-electron chi connectivity index (χ2n) is 27.2. The first-order chi connectivity index (χ1) is 42.4. The third-order valence-corrected chi connectivity index (χ3v) is 18.2. The van der Waals surface area contributed by atoms with E-state index in [1.807, 2.05) is 33.3 Å². The number of phosphoric acid groups is 1. The summed E-state index contributed by atoms with van der Waals surface area (Å²) in [5.41, 5.74) is 0. The van der Waals surface area contributed by atoms with Crippen LogP contribution in [0.1, 0.15) is 380 Å². The molecular formula is C77H147N2O7P. The highest BCUT2D eigenvalue weighted by Gasteiger charge is 2.27. The summed E-state index contributed by atoms with van der Waals surface area (Å²) >= 11 is 0. The first-order valence-corrected chi connectivity index (χ1v) is 39.4. The van der Waals surface area contributed by atoms with Crippen LogP contribution in [-0.2, 0) is 27.9 Å². The molecule has 0 spiro atoms. The van der Waals surface area contributed by atoms with Gasteiger partial charge in [0, 0.05) is 12.8 Å². The van der Waals surface area contributed by atoms with E-state index in [4.69, 9.17) is 13.8 Å². The normalized spacial score (nSPS) is 13.7. The number of hydrogen-bond donors (Lipinski definition) is 1. The van der Waals surface area contributed by atoms with E-state index in [9.17, 15) is 19.0 Å². The topological polar surface area (TPSA) is 114 Å². The number of allylic oxidation sites excluding steroid dienone is 7. The second-order valence-corrected chi connectivity index (χ2v) is 28.6. The van der Waals surface area contributed by atoms with Gasteiger partial charge in [-0.2, -0.15) is 0 Å². The Morgan fingerprint density at radius 1 is 0.402 bits per heavy atom. The van der Waals surface area contributed by atoms with Crippen molar-refractivity contribution in [1.29, 1.82) is 0 Å². The number of phosphoric ester groups is 1. The molecule has 3 atom stereocenters. The highest BCUT2D eigenvalue weighted by Crippen LogP contribution is 2.38. The summed E-state index contributed by atoms with van der Waals surface area (Å²) < 4.78 is 30.5. The maximum absolute atomic E-state index is 13.6. The van der Waals surface area contributed by atoms with E-state index in [1.54, 1.807) is 0 Å². The molecule has 0 aliphatic carbocycles. The monoisotopic (exact) mass is 1240 g/mol. The predicted octanol–water partition coefficient (Wildman–Crippen LogP) is 23.7. The molecule has 0 aliphatic heterocycles. The molecule has 1 amide bonds. The Morgan fingerprint density at radius 3 is 1.07 bits per heavy atom. The highest BCUT2D eigenvalue weighted by atomic mass is 31.2. The molecule has 512 valence electrons. The second kappa shape index (κ2) is 66.9. The molecular weight excluding hydrogens is 1100 g/mol. The van der Waals surface area contributed by atoms with Gasteiger partial charge < -0.3 is 28.5 Å². The predicted molar refractivity (Wildman–Crippen MR) is 376 cm³/mol. The maximum Gasteiger partial charge on any atom is 0.306 e. The quantitative estimate of drug-likeness (QED) is 0.0212. The van der Waals surface area contributed by atoms with Gasteiger partial charge in [-0.15, -0.1) is 0 Å². The van der Waals surface area contributed by atoms with Crippen LogP contribution in [0.4, 0.5) is 0 Å². The first kappa shape index (κ1) is 85.0. The smallest absolute Gasteiger partial charge is 0.306 e. The van der Waals surface area contributed by atoms with Crippen molar-refractivity contribution in [3.05, 3.63) is 48.6 Å². The molecule has 0 aromatic heterocycles. The summed E-state index contributed by atoms with van der Waals surface area (Å²) in [7, 11) is 1.20. The van der Waals surface area contributed by atoms with Crippen molar-refractivity contribution in [2.24, 2.45) is 0 Å². The minimum Gasteiger partial charge on any atom is -0.756 e. The number of hydrogen-bond acceptors (Lipinski definition) is 7. The Hall–Kier alpha value is -2.03. The van der Waals surface area contributed by atoms with Crippen LogP contribution < -0.4 is 10.2 Å². The van der Waals surface area contributed by atoms with E-state index in [-0.39, 0.29) is 31.5 Å². The van der Waals surface area contributed by atoms with Gasteiger partial charge in [-0.1, -0.05) is 346 Å². The zero-order valence-electron chi connectivity index (χ0n) is 58.7. The SMILES string of the molecule is CCCCC/C=C\C/C=C\C/C=C\CCCCCCCCCCCCC(=O)OC(/C=C/CCCCCCCCCCCCC)C(COP(=O)([O-])OCC[N+](C)(C)C)NC(=O)CCCCCCCCCCCCCCCCCCCCCCCCCCC. The molecule has 0 aliphatic rings. The van der Waals surface area contributed by atoms with Gasteiger partial charge in [-0.05, 0) is 70.3 Å². The molecule has 3 unspecified atom stereocenters. The number of carbonyl (C=O) groups is 2. The van der Waals surface area contributed by atoms with E-state index in [0.717, 1.165) is 70.6 Å². The number of likely N-dealkylation sites (N-methyl/N-ethyl adjacent to an activating group) is 1. The summed E-state index contributed by atoms with van der Waals surface area (Å²) in [6.07, 6.45) is 85.3.